The van der Waals surface area contributed by atoms with E-state index in [0.717, 1.165) is 29.9 Å². The smallest absolute Gasteiger partial charge is 0.335 e. The first-order chi connectivity index (χ1) is 13.2. The van der Waals surface area contributed by atoms with Gasteiger partial charge in [-0.2, -0.15) is 5.10 Å². The summed E-state index contributed by atoms with van der Waals surface area (Å²) in [5.74, 6) is 0.430. The van der Waals surface area contributed by atoms with Crippen molar-refractivity contribution in [3.05, 3.63) is 35.9 Å². The van der Waals surface area contributed by atoms with Gasteiger partial charge in [0.2, 0.25) is 0 Å². The van der Waals surface area contributed by atoms with Crippen molar-refractivity contribution in [3.8, 4) is 11.5 Å². The maximum Gasteiger partial charge on any atom is 0.335 e. The zero-order chi connectivity index (χ0) is 18.4. The predicted molar refractivity (Wildman–Crippen MR) is 99.0 cm³/mol. The first kappa shape index (κ1) is 15.8. The van der Waals surface area contributed by atoms with E-state index >= 15 is 0 Å². The SMILES string of the molecule is O=C(O)c1ccc2[nH]nc(-c3nc4nc(N5CCOCC5)ccc4[nH]3)c2c1. The number of nitrogens with zero attached hydrogens (tertiary/aromatic N) is 4. The molecule has 0 spiro atoms. The number of anilines is 1. The van der Waals surface area contributed by atoms with E-state index in [1.165, 1.54) is 0 Å². The summed E-state index contributed by atoms with van der Waals surface area (Å²) in [5, 5.41) is 17.2. The molecule has 0 radical (unpaired) electrons. The molecule has 27 heavy (non-hydrogen) atoms. The third-order valence-corrected chi connectivity index (χ3v) is 4.70. The number of ether oxygens (including phenoxy) is 1. The fourth-order valence-corrected chi connectivity index (χ4v) is 3.29. The lowest BCUT2D eigenvalue weighted by Crippen LogP contribution is -2.36. The fourth-order valence-electron chi connectivity index (χ4n) is 3.29. The number of pyridine rings is 1. The van der Waals surface area contributed by atoms with E-state index in [2.05, 4.69) is 30.0 Å². The molecule has 0 saturated carbocycles. The van der Waals surface area contributed by atoms with Gasteiger partial charge in [-0.15, -0.1) is 0 Å². The molecule has 3 aromatic heterocycles. The molecule has 1 fully saturated rings. The van der Waals surface area contributed by atoms with Crippen molar-refractivity contribution in [1.29, 1.82) is 0 Å². The number of benzene rings is 1. The van der Waals surface area contributed by atoms with Gasteiger partial charge in [0.15, 0.2) is 11.5 Å². The Balaban J connectivity index is 1.58. The number of nitrogens with one attached hydrogen (secondary N) is 2. The number of hydrogen-bond acceptors (Lipinski definition) is 6. The second-order valence-electron chi connectivity index (χ2n) is 6.36. The molecule has 1 saturated heterocycles. The van der Waals surface area contributed by atoms with Gasteiger partial charge >= 0.3 is 5.97 Å². The van der Waals surface area contributed by atoms with Crippen LogP contribution in [0.15, 0.2) is 30.3 Å². The van der Waals surface area contributed by atoms with E-state index in [0.29, 0.717) is 35.8 Å². The summed E-state index contributed by atoms with van der Waals surface area (Å²) in [7, 11) is 0. The van der Waals surface area contributed by atoms with Crippen LogP contribution in [-0.2, 0) is 4.74 Å². The number of aromatic nitrogens is 5. The van der Waals surface area contributed by atoms with E-state index in [1.54, 1.807) is 18.2 Å². The lowest BCUT2D eigenvalue weighted by Gasteiger charge is -2.27. The normalized spacial score (nSPS) is 14.9. The number of aromatic carboxylic acids is 1. The third kappa shape index (κ3) is 2.68. The summed E-state index contributed by atoms with van der Waals surface area (Å²) in [6.45, 7) is 2.99. The minimum absolute atomic E-state index is 0.203. The first-order valence-corrected chi connectivity index (χ1v) is 8.60. The van der Waals surface area contributed by atoms with Crippen LogP contribution in [0.4, 0.5) is 5.82 Å². The largest absolute Gasteiger partial charge is 0.478 e. The van der Waals surface area contributed by atoms with E-state index in [4.69, 9.17) is 4.74 Å². The molecular weight excluding hydrogens is 348 g/mol. The van der Waals surface area contributed by atoms with Gasteiger partial charge in [0.25, 0.3) is 0 Å². The highest BCUT2D eigenvalue weighted by Crippen LogP contribution is 2.27. The number of carbonyl (C=O) groups is 1. The Morgan fingerprint density at radius 3 is 2.74 bits per heavy atom. The second kappa shape index (κ2) is 6.06. The minimum Gasteiger partial charge on any atom is -0.478 e. The first-order valence-electron chi connectivity index (χ1n) is 8.60. The highest BCUT2D eigenvalue weighted by Gasteiger charge is 2.17. The summed E-state index contributed by atoms with van der Waals surface area (Å²) in [6.07, 6.45) is 0. The van der Waals surface area contributed by atoms with Crippen LogP contribution >= 0.6 is 0 Å². The molecule has 1 aliphatic heterocycles. The lowest BCUT2D eigenvalue weighted by molar-refractivity contribution is 0.0697. The van der Waals surface area contributed by atoms with Crippen LogP contribution in [-0.4, -0.2) is 62.5 Å². The zero-order valence-corrected chi connectivity index (χ0v) is 14.3. The average Bonchev–Trinajstić information content (AvgIpc) is 3.31. The topological polar surface area (TPSA) is 120 Å². The summed E-state index contributed by atoms with van der Waals surface area (Å²) >= 11 is 0. The Morgan fingerprint density at radius 2 is 1.93 bits per heavy atom. The number of aromatic amines is 2. The van der Waals surface area contributed by atoms with Crippen molar-refractivity contribution in [2.75, 3.05) is 31.2 Å². The standard InChI is InChI=1S/C18H16N6O3/c25-18(26)10-1-2-12-11(9-10)15(23-22-12)17-19-13-3-4-14(20-16(13)21-17)24-5-7-27-8-6-24/h1-4,9H,5-8H2,(H,22,23)(H,25,26)(H,19,20,21). The number of morpholine rings is 1. The van der Waals surface area contributed by atoms with Crippen molar-refractivity contribution < 1.29 is 14.6 Å². The fraction of sp³-hybridized carbons (Fsp3) is 0.222. The van der Waals surface area contributed by atoms with Crippen LogP contribution in [0.1, 0.15) is 10.4 Å². The van der Waals surface area contributed by atoms with Gasteiger partial charge in [0, 0.05) is 18.5 Å². The number of imidazole rings is 1. The maximum absolute atomic E-state index is 11.3. The Labute approximate surface area is 153 Å². The van der Waals surface area contributed by atoms with Crippen molar-refractivity contribution >= 4 is 33.9 Å². The molecule has 5 rings (SSSR count). The van der Waals surface area contributed by atoms with Gasteiger partial charge < -0.3 is 19.7 Å². The second-order valence-corrected chi connectivity index (χ2v) is 6.36. The Morgan fingerprint density at radius 1 is 1.11 bits per heavy atom. The zero-order valence-electron chi connectivity index (χ0n) is 14.3. The number of hydrogen-bond donors (Lipinski definition) is 3. The number of H-pyrrole nitrogens is 2. The quantitative estimate of drug-likeness (QED) is 0.509. The van der Waals surface area contributed by atoms with Crippen LogP contribution in [0.3, 0.4) is 0 Å². The molecule has 0 bridgehead atoms. The van der Waals surface area contributed by atoms with Crippen LogP contribution in [0.5, 0.6) is 0 Å². The molecule has 0 unspecified atom stereocenters. The average molecular weight is 364 g/mol. The number of carboxylic acid groups (broad SMARTS) is 1. The van der Waals surface area contributed by atoms with E-state index < -0.39 is 5.97 Å². The highest BCUT2D eigenvalue weighted by molar-refractivity contribution is 5.98. The Bertz CT molecular complexity index is 1160. The van der Waals surface area contributed by atoms with Gasteiger partial charge in [-0.3, -0.25) is 5.10 Å². The monoisotopic (exact) mass is 364 g/mol. The summed E-state index contributed by atoms with van der Waals surface area (Å²) in [4.78, 5) is 25.9. The molecule has 1 aliphatic rings. The number of fused-ring (bicyclic) bond motifs is 2. The summed E-state index contributed by atoms with van der Waals surface area (Å²) in [6, 6.07) is 8.74. The molecular formula is C18H16N6O3. The molecule has 9 nitrogen and oxygen atoms in total. The maximum atomic E-state index is 11.3. The van der Waals surface area contributed by atoms with Gasteiger partial charge in [-0.1, -0.05) is 0 Å². The van der Waals surface area contributed by atoms with E-state index in [-0.39, 0.29) is 5.56 Å². The molecule has 0 atom stereocenters. The van der Waals surface area contributed by atoms with Gasteiger partial charge in [-0.05, 0) is 30.3 Å². The van der Waals surface area contributed by atoms with Crippen LogP contribution in [0, 0.1) is 0 Å². The van der Waals surface area contributed by atoms with Gasteiger partial charge in [0.05, 0.1) is 29.8 Å². The molecule has 3 N–H and O–H groups in total. The summed E-state index contributed by atoms with van der Waals surface area (Å²) < 4.78 is 5.38. The van der Waals surface area contributed by atoms with Crippen molar-refractivity contribution in [2.45, 2.75) is 0 Å². The minimum atomic E-state index is -0.981. The Kier molecular flexibility index (Phi) is 3.54. The Hall–Kier alpha value is -3.46. The van der Waals surface area contributed by atoms with E-state index in [9.17, 15) is 9.90 Å². The predicted octanol–water partition coefficient (Wildman–Crippen LogP) is 2.04. The molecule has 136 valence electrons. The number of rotatable bonds is 3. The van der Waals surface area contributed by atoms with Gasteiger partial charge in [-0.25, -0.2) is 14.8 Å². The highest BCUT2D eigenvalue weighted by atomic mass is 16.5. The third-order valence-electron chi connectivity index (χ3n) is 4.70. The lowest BCUT2D eigenvalue weighted by atomic mass is 10.1. The molecule has 0 aliphatic carbocycles. The van der Waals surface area contributed by atoms with Crippen LogP contribution < -0.4 is 4.90 Å². The van der Waals surface area contributed by atoms with Crippen molar-refractivity contribution in [3.63, 3.8) is 0 Å². The van der Waals surface area contributed by atoms with Gasteiger partial charge in [0.1, 0.15) is 11.5 Å². The van der Waals surface area contributed by atoms with Crippen molar-refractivity contribution in [2.24, 2.45) is 0 Å². The summed E-state index contributed by atoms with van der Waals surface area (Å²) in [5.41, 5.74) is 2.91. The van der Waals surface area contributed by atoms with Crippen LogP contribution in [0.25, 0.3) is 33.6 Å². The van der Waals surface area contributed by atoms with Crippen LogP contribution in [0.2, 0.25) is 0 Å². The molecule has 4 heterocycles. The van der Waals surface area contributed by atoms with Crippen molar-refractivity contribution in [1.82, 2.24) is 25.1 Å². The molecule has 4 aromatic rings. The number of carboxylic acids is 1. The molecule has 9 heteroatoms. The molecule has 1 aromatic carbocycles. The van der Waals surface area contributed by atoms with E-state index in [1.807, 2.05) is 12.1 Å². The molecule has 0 amide bonds.